The van der Waals surface area contributed by atoms with Crippen LogP contribution in [0.2, 0.25) is 5.02 Å². The molecular weight excluding hydrogens is 245 g/mol. The normalized spacial score (nSPS) is 12.6. The van der Waals surface area contributed by atoms with Crippen LogP contribution >= 0.6 is 11.6 Å². The Labute approximate surface area is 105 Å². The van der Waals surface area contributed by atoms with Crippen LogP contribution in [0.4, 0.5) is 4.39 Å². The fourth-order valence-corrected chi connectivity index (χ4v) is 1.50. The largest absolute Gasteiger partial charge is 0.394 e. The Hall–Kier alpha value is -1.13. The van der Waals surface area contributed by atoms with Crippen LogP contribution in [-0.4, -0.2) is 23.7 Å². The number of hydrogen-bond donors (Lipinski definition) is 2. The van der Waals surface area contributed by atoms with E-state index in [-0.39, 0.29) is 23.1 Å². The van der Waals surface area contributed by atoms with Gasteiger partial charge in [0.2, 0.25) is 0 Å². The first kappa shape index (κ1) is 13.9. The average molecular weight is 260 g/mol. The zero-order chi connectivity index (χ0) is 13.0. The third kappa shape index (κ3) is 3.68. The highest BCUT2D eigenvalue weighted by atomic mass is 35.5. The van der Waals surface area contributed by atoms with E-state index in [0.29, 0.717) is 0 Å². The number of aliphatic hydroxyl groups excluding tert-OH is 1. The summed E-state index contributed by atoms with van der Waals surface area (Å²) in [7, 11) is 0. The number of rotatable bonds is 4. The molecule has 0 saturated heterocycles. The minimum absolute atomic E-state index is 0.0688. The van der Waals surface area contributed by atoms with E-state index in [9.17, 15) is 9.18 Å². The molecule has 0 aromatic heterocycles. The van der Waals surface area contributed by atoms with Gasteiger partial charge in [-0.2, -0.15) is 0 Å². The van der Waals surface area contributed by atoms with Gasteiger partial charge in [0.05, 0.1) is 18.2 Å². The molecular formula is C12H15ClFNO2. The summed E-state index contributed by atoms with van der Waals surface area (Å²) in [6.07, 6.45) is 0. The molecule has 94 valence electrons. The van der Waals surface area contributed by atoms with E-state index in [2.05, 4.69) is 5.32 Å². The summed E-state index contributed by atoms with van der Waals surface area (Å²) in [6.45, 7) is 3.54. The zero-order valence-corrected chi connectivity index (χ0v) is 10.5. The Morgan fingerprint density at radius 3 is 2.65 bits per heavy atom. The van der Waals surface area contributed by atoms with Crippen molar-refractivity contribution in [3.8, 4) is 0 Å². The van der Waals surface area contributed by atoms with Gasteiger partial charge in [-0.1, -0.05) is 25.4 Å². The Morgan fingerprint density at radius 2 is 2.18 bits per heavy atom. The minimum Gasteiger partial charge on any atom is -0.394 e. The molecule has 0 aliphatic rings. The molecule has 1 aromatic rings. The minimum atomic E-state index is -0.671. The molecule has 0 bridgehead atoms. The molecule has 0 aliphatic carbocycles. The van der Waals surface area contributed by atoms with E-state index in [4.69, 9.17) is 16.7 Å². The number of benzene rings is 1. The summed E-state index contributed by atoms with van der Waals surface area (Å²) in [5.74, 6) is -1.15. The van der Waals surface area contributed by atoms with E-state index < -0.39 is 17.8 Å². The van der Waals surface area contributed by atoms with Crippen LogP contribution in [0, 0.1) is 11.7 Å². The molecule has 1 amide bonds. The lowest BCUT2D eigenvalue weighted by molar-refractivity contribution is 0.0893. The van der Waals surface area contributed by atoms with E-state index in [1.165, 1.54) is 12.1 Å². The summed E-state index contributed by atoms with van der Waals surface area (Å²) in [5.41, 5.74) is -0.0755. The van der Waals surface area contributed by atoms with Gasteiger partial charge in [0.1, 0.15) is 5.82 Å². The summed E-state index contributed by atoms with van der Waals surface area (Å²) < 4.78 is 13.4. The highest BCUT2D eigenvalue weighted by Crippen LogP contribution is 2.15. The lowest BCUT2D eigenvalue weighted by atomic mass is 10.0. The van der Waals surface area contributed by atoms with Crippen LogP contribution < -0.4 is 5.32 Å². The van der Waals surface area contributed by atoms with Gasteiger partial charge in [-0.25, -0.2) is 4.39 Å². The molecule has 5 heteroatoms. The first-order chi connectivity index (χ1) is 7.95. The SMILES string of the molecule is CC(C)C(CO)NC(=O)c1ccc(Cl)cc1F. The highest BCUT2D eigenvalue weighted by Gasteiger charge is 2.18. The number of halogens is 2. The number of amides is 1. The second-order valence-electron chi connectivity index (χ2n) is 4.13. The van der Waals surface area contributed by atoms with Gasteiger partial charge >= 0.3 is 0 Å². The van der Waals surface area contributed by atoms with Crippen LogP contribution in [-0.2, 0) is 0 Å². The van der Waals surface area contributed by atoms with Gasteiger partial charge in [0, 0.05) is 5.02 Å². The van der Waals surface area contributed by atoms with Crippen molar-refractivity contribution in [2.75, 3.05) is 6.61 Å². The van der Waals surface area contributed by atoms with Crippen molar-refractivity contribution in [1.29, 1.82) is 0 Å². The smallest absolute Gasteiger partial charge is 0.254 e. The van der Waals surface area contributed by atoms with Gasteiger partial charge in [-0.05, 0) is 24.1 Å². The molecule has 1 atom stereocenters. The number of carbonyl (C=O) groups is 1. The molecule has 0 spiro atoms. The molecule has 3 nitrogen and oxygen atoms in total. The molecule has 0 saturated carbocycles. The van der Waals surface area contributed by atoms with Crippen LogP contribution in [0.25, 0.3) is 0 Å². The number of aliphatic hydroxyl groups is 1. The van der Waals surface area contributed by atoms with Gasteiger partial charge in [-0.3, -0.25) is 4.79 Å². The first-order valence-electron chi connectivity index (χ1n) is 5.32. The zero-order valence-electron chi connectivity index (χ0n) is 9.71. The predicted octanol–water partition coefficient (Wildman–Crippen LogP) is 2.23. The van der Waals surface area contributed by atoms with E-state index in [0.717, 1.165) is 6.07 Å². The second-order valence-corrected chi connectivity index (χ2v) is 4.57. The topological polar surface area (TPSA) is 49.3 Å². The van der Waals surface area contributed by atoms with Crippen molar-refractivity contribution < 1.29 is 14.3 Å². The molecule has 1 unspecified atom stereocenters. The van der Waals surface area contributed by atoms with Crippen molar-refractivity contribution in [2.45, 2.75) is 19.9 Å². The summed E-state index contributed by atoms with van der Waals surface area (Å²) in [5, 5.41) is 11.9. The Balaban J connectivity index is 2.82. The molecule has 0 aliphatic heterocycles. The maximum absolute atomic E-state index is 13.4. The quantitative estimate of drug-likeness (QED) is 0.871. The number of nitrogens with one attached hydrogen (secondary N) is 1. The third-order valence-electron chi connectivity index (χ3n) is 2.49. The van der Waals surface area contributed by atoms with Gasteiger partial charge < -0.3 is 10.4 Å². The molecule has 17 heavy (non-hydrogen) atoms. The predicted molar refractivity (Wildman–Crippen MR) is 64.6 cm³/mol. The van der Waals surface area contributed by atoms with Crippen molar-refractivity contribution in [1.82, 2.24) is 5.32 Å². The second kappa shape index (κ2) is 5.98. The van der Waals surface area contributed by atoms with Crippen LogP contribution in [0.15, 0.2) is 18.2 Å². The molecule has 0 fully saturated rings. The van der Waals surface area contributed by atoms with Crippen LogP contribution in [0.5, 0.6) is 0 Å². The van der Waals surface area contributed by atoms with E-state index in [1.807, 2.05) is 13.8 Å². The van der Waals surface area contributed by atoms with Crippen LogP contribution in [0.3, 0.4) is 0 Å². The number of hydrogen-bond acceptors (Lipinski definition) is 2. The third-order valence-corrected chi connectivity index (χ3v) is 2.73. The molecule has 1 rings (SSSR count). The first-order valence-corrected chi connectivity index (χ1v) is 5.70. The Kier molecular flexibility index (Phi) is 4.90. The van der Waals surface area contributed by atoms with Gasteiger partial charge in [-0.15, -0.1) is 0 Å². The van der Waals surface area contributed by atoms with Crippen molar-refractivity contribution >= 4 is 17.5 Å². The number of carbonyl (C=O) groups excluding carboxylic acids is 1. The van der Waals surface area contributed by atoms with Gasteiger partial charge in [0.15, 0.2) is 0 Å². The molecule has 1 aromatic carbocycles. The highest BCUT2D eigenvalue weighted by molar-refractivity contribution is 6.30. The van der Waals surface area contributed by atoms with E-state index >= 15 is 0 Å². The summed E-state index contributed by atoms with van der Waals surface area (Å²) >= 11 is 5.59. The maximum Gasteiger partial charge on any atom is 0.254 e. The average Bonchev–Trinajstić information content (AvgIpc) is 2.24. The van der Waals surface area contributed by atoms with Crippen LogP contribution in [0.1, 0.15) is 24.2 Å². The molecule has 0 radical (unpaired) electrons. The van der Waals surface area contributed by atoms with Gasteiger partial charge in [0.25, 0.3) is 5.91 Å². The monoisotopic (exact) mass is 259 g/mol. The summed E-state index contributed by atoms with van der Waals surface area (Å²) in [6, 6.07) is 3.46. The Morgan fingerprint density at radius 1 is 1.53 bits per heavy atom. The lowest BCUT2D eigenvalue weighted by Gasteiger charge is -2.20. The molecule has 0 heterocycles. The van der Waals surface area contributed by atoms with E-state index in [1.54, 1.807) is 0 Å². The lowest BCUT2D eigenvalue weighted by Crippen LogP contribution is -2.41. The maximum atomic E-state index is 13.4. The molecule has 2 N–H and O–H groups in total. The van der Waals surface area contributed by atoms with Crippen molar-refractivity contribution in [3.63, 3.8) is 0 Å². The van der Waals surface area contributed by atoms with Crippen molar-refractivity contribution in [3.05, 3.63) is 34.6 Å². The van der Waals surface area contributed by atoms with Crippen molar-refractivity contribution in [2.24, 2.45) is 5.92 Å². The standard InChI is InChI=1S/C12H15ClFNO2/c1-7(2)11(6-16)15-12(17)9-4-3-8(13)5-10(9)14/h3-5,7,11,16H,6H2,1-2H3,(H,15,17). The Bertz CT molecular complexity index is 409. The fraction of sp³-hybridized carbons (Fsp3) is 0.417. The fourth-order valence-electron chi connectivity index (χ4n) is 1.34. The summed E-state index contributed by atoms with van der Waals surface area (Å²) in [4.78, 5) is 11.7.